The molecule has 1 amide bonds. The van der Waals surface area contributed by atoms with Gasteiger partial charge in [-0.3, -0.25) is 14.5 Å². The molecule has 1 aliphatic carbocycles. The van der Waals surface area contributed by atoms with E-state index in [0.29, 0.717) is 23.4 Å². The first-order chi connectivity index (χ1) is 11.9. The van der Waals surface area contributed by atoms with Crippen molar-refractivity contribution in [2.24, 2.45) is 10.4 Å². The first-order valence-corrected chi connectivity index (χ1v) is 9.77. The first-order valence-electron chi connectivity index (χ1n) is 8.41. The fourth-order valence-corrected chi connectivity index (χ4v) is 4.89. The molecule has 4 rings (SSSR count). The predicted molar refractivity (Wildman–Crippen MR) is 101 cm³/mol. The zero-order valence-corrected chi connectivity index (χ0v) is 15.8. The molecule has 0 N–H and O–H groups in total. The second-order valence-corrected chi connectivity index (χ2v) is 9.01. The number of amidine groups is 1. The molecule has 25 heavy (non-hydrogen) atoms. The number of thioether (sulfide) groups is 1. The molecule has 3 aliphatic rings. The van der Waals surface area contributed by atoms with Crippen LogP contribution in [0, 0.1) is 5.41 Å². The summed E-state index contributed by atoms with van der Waals surface area (Å²) in [6.07, 6.45) is 1.70. The van der Waals surface area contributed by atoms with Crippen LogP contribution in [0.3, 0.4) is 0 Å². The van der Waals surface area contributed by atoms with Gasteiger partial charge in [0.15, 0.2) is 11.0 Å². The highest BCUT2D eigenvalue weighted by Gasteiger charge is 2.45. The Kier molecular flexibility index (Phi) is 4.04. The van der Waals surface area contributed by atoms with E-state index in [1.54, 1.807) is 28.8 Å². The summed E-state index contributed by atoms with van der Waals surface area (Å²) in [5, 5.41) is 1.36. The lowest BCUT2D eigenvalue weighted by molar-refractivity contribution is -0.128. The number of benzene rings is 1. The Hall–Kier alpha value is -1.59. The molecule has 0 unspecified atom stereocenters. The highest BCUT2D eigenvalue weighted by atomic mass is 35.5. The standard InChI is InChI=1S/C19H19ClN2O2S/c1-19(2)9-13-16(14(23)10-19)17(11-3-5-12(20)6-4-11)22-15(24)7-8-25-18(22)21-13/h3-6,17H,7-10H2,1-2H3/t17-/m0/s1. The Morgan fingerprint density at radius 3 is 2.64 bits per heavy atom. The Morgan fingerprint density at radius 1 is 1.20 bits per heavy atom. The van der Waals surface area contributed by atoms with Gasteiger partial charge in [0.2, 0.25) is 5.91 Å². The van der Waals surface area contributed by atoms with Crippen molar-refractivity contribution in [3.8, 4) is 0 Å². The minimum atomic E-state index is -0.385. The molecule has 1 aromatic carbocycles. The average molecular weight is 375 g/mol. The van der Waals surface area contributed by atoms with Gasteiger partial charge in [-0.15, -0.1) is 0 Å². The number of fused-ring (bicyclic) bond motifs is 1. The molecule has 1 saturated heterocycles. The van der Waals surface area contributed by atoms with Crippen LogP contribution in [0.1, 0.15) is 44.7 Å². The number of aliphatic imine (C=N–C) groups is 1. The quantitative estimate of drug-likeness (QED) is 0.733. The van der Waals surface area contributed by atoms with Crippen LogP contribution in [-0.2, 0) is 9.59 Å². The van der Waals surface area contributed by atoms with Crippen molar-refractivity contribution in [3.63, 3.8) is 0 Å². The van der Waals surface area contributed by atoms with E-state index in [1.807, 2.05) is 12.1 Å². The minimum Gasteiger partial charge on any atom is -0.294 e. The zero-order chi connectivity index (χ0) is 17.8. The maximum atomic E-state index is 13.0. The number of hydrogen-bond acceptors (Lipinski definition) is 4. The summed E-state index contributed by atoms with van der Waals surface area (Å²) in [5.41, 5.74) is 2.33. The number of carbonyl (C=O) groups is 2. The van der Waals surface area contributed by atoms with Crippen LogP contribution < -0.4 is 0 Å². The van der Waals surface area contributed by atoms with Crippen LogP contribution in [0.4, 0.5) is 0 Å². The average Bonchev–Trinajstić information content (AvgIpc) is 2.53. The van der Waals surface area contributed by atoms with Gasteiger partial charge in [0.1, 0.15) is 0 Å². The van der Waals surface area contributed by atoms with Crippen LogP contribution in [0.5, 0.6) is 0 Å². The van der Waals surface area contributed by atoms with E-state index in [1.165, 1.54) is 0 Å². The van der Waals surface area contributed by atoms with Gasteiger partial charge in [-0.2, -0.15) is 0 Å². The first kappa shape index (κ1) is 16.9. The van der Waals surface area contributed by atoms with Crippen LogP contribution in [-0.4, -0.2) is 27.5 Å². The van der Waals surface area contributed by atoms with Gasteiger partial charge in [0.25, 0.3) is 0 Å². The van der Waals surface area contributed by atoms with Crippen molar-refractivity contribution >= 4 is 40.2 Å². The van der Waals surface area contributed by atoms with Crippen molar-refractivity contribution in [3.05, 3.63) is 46.1 Å². The summed E-state index contributed by atoms with van der Waals surface area (Å²) in [7, 11) is 0. The van der Waals surface area contributed by atoms with Crippen LogP contribution in [0.25, 0.3) is 0 Å². The van der Waals surface area contributed by atoms with Crippen molar-refractivity contribution in [1.82, 2.24) is 4.90 Å². The lowest BCUT2D eigenvalue weighted by Gasteiger charge is -2.43. The summed E-state index contributed by atoms with van der Waals surface area (Å²) >= 11 is 7.63. The molecule has 2 aliphatic heterocycles. The van der Waals surface area contributed by atoms with E-state index < -0.39 is 0 Å². The minimum absolute atomic E-state index is 0.0293. The molecule has 0 bridgehead atoms. The van der Waals surface area contributed by atoms with E-state index in [0.717, 1.165) is 28.6 Å². The SMILES string of the molecule is CC1(C)CC(=O)C2=C(C1)N=C1SCCC(=O)N1[C@H]2c1ccc(Cl)cc1. The lowest BCUT2D eigenvalue weighted by Crippen LogP contribution is -2.47. The Balaban J connectivity index is 1.89. The van der Waals surface area contributed by atoms with E-state index in [-0.39, 0.29) is 23.1 Å². The van der Waals surface area contributed by atoms with E-state index >= 15 is 0 Å². The zero-order valence-electron chi connectivity index (χ0n) is 14.2. The van der Waals surface area contributed by atoms with Gasteiger partial charge in [0, 0.05) is 29.2 Å². The number of allylic oxidation sites excluding steroid dienone is 1. The number of rotatable bonds is 1. The van der Waals surface area contributed by atoms with E-state index in [4.69, 9.17) is 16.6 Å². The molecule has 0 saturated carbocycles. The molecule has 0 radical (unpaired) electrons. The summed E-state index contributed by atoms with van der Waals surface area (Å²) in [6, 6.07) is 7.03. The second-order valence-electron chi connectivity index (χ2n) is 7.51. The largest absolute Gasteiger partial charge is 0.294 e. The van der Waals surface area contributed by atoms with Crippen LogP contribution in [0.2, 0.25) is 5.02 Å². The molecular formula is C19H19ClN2O2S. The van der Waals surface area contributed by atoms with Crippen molar-refractivity contribution < 1.29 is 9.59 Å². The van der Waals surface area contributed by atoms with Gasteiger partial charge in [0.05, 0.1) is 11.7 Å². The van der Waals surface area contributed by atoms with E-state index in [9.17, 15) is 9.59 Å². The van der Waals surface area contributed by atoms with Crippen LogP contribution >= 0.6 is 23.4 Å². The van der Waals surface area contributed by atoms with Gasteiger partial charge in [-0.05, 0) is 29.5 Å². The third kappa shape index (κ3) is 2.93. The highest BCUT2D eigenvalue weighted by Crippen LogP contribution is 2.47. The molecule has 130 valence electrons. The highest BCUT2D eigenvalue weighted by molar-refractivity contribution is 8.14. The number of ketones is 1. The summed E-state index contributed by atoms with van der Waals surface area (Å²) in [5.74, 6) is 0.862. The van der Waals surface area contributed by atoms with Gasteiger partial charge in [-0.25, -0.2) is 4.99 Å². The molecule has 6 heteroatoms. The van der Waals surface area contributed by atoms with E-state index in [2.05, 4.69) is 13.8 Å². The maximum absolute atomic E-state index is 13.0. The molecule has 4 nitrogen and oxygen atoms in total. The van der Waals surface area contributed by atoms with Crippen LogP contribution in [0.15, 0.2) is 40.5 Å². The molecule has 0 spiro atoms. The Morgan fingerprint density at radius 2 is 1.92 bits per heavy atom. The molecule has 0 aromatic heterocycles. The van der Waals surface area contributed by atoms with Gasteiger partial charge in [-0.1, -0.05) is 49.3 Å². The fraction of sp³-hybridized carbons (Fsp3) is 0.421. The molecule has 1 aromatic rings. The Bertz CT molecular complexity index is 826. The molecule has 2 heterocycles. The van der Waals surface area contributed by atoms with Gasteiger partial charge >= 0.3 is 0 Å². The normalized spacial score (nSPS) is 25.5. The summed E-state index contributed by atoms with van der Waals surface area (Å²) in [4.78, 5) is 32.1. The summed E-state index contributed by atoms with van der Waals surface area (Å²) in [6.45, 7) is 4.19. The third-order valence-electron chi connectivity index (χ3n) is 4.87. The predicted octanol–water partition coefficient (Wildman–Crippen LogP) is 4.36. The number of halogens is 1. The van der Waals surface area contributed by atoms with Crippen molar-refractivity contribution in [2.75, 3.05) is 5.75 Å². The third-order valence-corrected chi connectivity index (χ3v) is 6.07. The molecular weight excluding hydrogens is 356 g/mol. The maximum Gasteiger partial charge on any atom is 0.230 e. The number of hydrogen-bond donors (Lipinski definition) is 0. The number of carbonyl (C=O) groups excluding carboxylic acids is 2. The monoisotopic (exact) mass is 374 g/mol. The molecule has 1 fully saturated rings. The smallest absolute Gasteiger partial charge is 0.230 e. The topological polar surface area (TPSA) is 49.7 Å². The fourth-order valence-electron chi connectivity index (χ4n) is 3.78. The van der Waals surface area contributed by atoms with Crippen molar-refractivity contribution in [2.45, 2.75) is 39.2 Å². The number of nitrogens with zero attached hydrogens (tertiary/aromatic N) is 2. The summed E-state index contributed by atoms with van der Waals surface area (Å²) < 4.78 is 0. The second kappa shape index (κ2) is 5.99. The Labute approximate surface area is 156 Å². The van der Waals surface area contributed by atoms with Crippen molar-refractivity contribution in [1.29, 1.82) is 0 Å². The number of Topliss-reactive ketones (excluding diaryl/α,β-unsaturated/α-hetero) is 1. The lowest BCUT2D eigenvalue weighted by atomic mass is 9.73. The number of amides is 1. The van der Waals surface area contributed by atoms with Gasteiger partial charge < -0.3 is 0 Å². The molecule has 1 atom stereocenters.